The molecule has 1 aliphatic heterocycles. The molecule has 5 heteroatoms. The van der Waals surface area contributed by atoms with Crippen LogP contribution in [0.1, 0.15) is 12.0 Å². The molecule has 90 valence electrons. The SMILES string of the molecule is O=C1C[C@@H](C(=O)N(O)Cc2ccccc2)CO1. The van der Waals surface area contributed by atoms with Gasteiger partial charge in [0.05, 0.1) is 18.9 Å². The summed E-state index contributed by atoms with van der Waals surface area (Å²) in [5.41, 5.74) is 0.827. The van der Waals surface area contributed by atoms with Crippen molar-refractivity contribution in [3.8, 4) is 0 Å². The van der Waals surface area contributed by atoms with Crippen LogP contribution in [0.4, 0.5) is 0 Å². The van der Waals surface area contributed by atoms with Crippen molar-refractivity contribution in [2.75, 3.05) is 6.61 Å². The zero-order chi connectivity index (χ0) is 12.3. The van der Waals surface area contributed by atoms with E-state index in [9.17, 15) is 14.8 Å². The van der Waals surface area contributed by atoms with E-state index in [1.807, 2.05) is 30.3 Å². The number of cyclic esters (lactones) is 1. The minimum Gasteiger partial charge on any atom is -0.465 e. The third-order valence-corrected chi connectivity index (χ3v) is 2.64. The zero-order valence-electron chi connectivity index (χ0n) is 9.20. The Hall–Kier alpha value is -1.88. The van der Waals surface area contributed by atoms with Crippen LogP contribution >= 0.6 is 0 Å². The molecular formula is C12H13NO4. The molecule has 2 rings (SSSR count). The van der Waals surface area contributed by atoms with Gasteiger partial charge >= 0.3 is 5.97 Å². The first-order valence-corrected chi connectivity index (χ1v) is 5.36. The minimum atomic E-state index is -0.559. The molecule has 0 bridgehead atoms. The summed E-state index contributed by atoms with van der Waals surface area (Å²) < 4.78 is 4.69. The predicted octanol–water partition coefficient (Wildman–Crippen LogP) is 0.968. The Labute approximate surface area is 98.6 Å². The highest BCUT2D eigenvalue weighted by atomic mass is 16.5. The molecule has 5 nitrogen and oxygen atoms in total. The van der Waals surface area contributed by atoms with Gasteiger partial charge in [0.2, 0.25) is 0 Å². The van der Waals surface area contributed by atoms with E-state index in [-0.39, 0.29) is 19.6 Å². The van der Waals surface area contributed by atoms with Gasteiger partial charge in [0, 0.05) is 0 Å². The second-order valence-electron chi connectivity index (χ2n) is 3.97. The van der Waals surface area contributed by atoms with Gasteiger partial charge in [-0.2, -0.15) is 0 Å². The molecule has 1 saturated heterocycles. The number of carbonyl (C=O) groups excluding carboxylic acids is 2. The normalized spacial score (nSPS) is 18.9. The lowest BCUT2D eigenvalue weighted by Gasteiger charge is -2.17. The van der Waals surface area contributed by atoms with E-state index in [1.165, 1.54) is 0 Å². The summed E-state index contributed by atoms with van der Waals surface area (Å²) >= 11 is 0. The maximum atomic E-state index is 11.7. The van der Waals surface area contributed by atoms with Crippen LogP contribution < -0.4 is 0 Å². The molecule has 1 heterocycles. The van der Waals surface area contributed by atoms with Gasteiger partial charge in [-0.25, -0.2) is 5.06 Å². The highest BCUT2D eigenvalue weighted by Gasteiger charge is 2.32. The maximum absolute atomic E-state index is 11.7. The molecule has 0 unspecified atom stereocenters. The van der Waals surface area contributed by atoms with Crippen molar-refractivity contribution >= 4 is 11.9 Å². The fourth-order valence-electron chi connectivity index (χ4n) is 1.72. The number of rotatable bonds is 3. The molecule has 1 fully saturated rings. The summed E-state index contributed by atoms with van der Waals surface area (Å²) in [4.78, 5) is 22.6. The van der Waals surface area contributed by atoms with Crippen LogP contribution in [0.15, 0.2) is 30.3 Å². The van der Waals surface area contributed by atoms with Gasteiger partial charge in [-0.1, -0.05) is 30.3 Å². The van der Waals surface area contributed by atoms with E-state index in [2.05, 4.69) is 4.74 Å². The predicted molar refractivity (Wildman–Crippen MR) is 57.8 cm³/mol. The van der Waals surface area contributed by atoms with Gasteiger partial charge in [0.25, 0.3) is 5.91 Å². The third-order valence-electron chi connectivity index (χ3n) is 2.64. The zero-order valence-corrected chi connectivity index (χ0v) is 9.20. The van der Waals surface area contributed by atoms with Crippen LogP contribution in [0.2, 0.25) is 0 Å². The van der Waals surface area contributed by atoms with Crippen molar-refractivity contribution in [3.05, 3.63) is 35.9 Å². The number of ether oxygens (including phenoxy) is 1. The van der Waals surface area contributed by atoms with Crippen molar-refractivity contribution < 1.29 is 19.5 Å². The molecule has 0 saturated carbocycles. The van der Waals surface area contributed by atoms with Gasteiger partial charge in [-0.15, -0.1) is 0 Å². The van der Waals surface area contributed by atoms with Crippen LogP contribution in [-0.4, -0.2) is 28.8 Å². The van der Waals surface area contributed by atoms with E-state index >= 15 is 0 Å². The number of hydrogen-bond acceptors (Lipinski definition) is 4. The number of hydroxylamine groups is 2. The Bertz CT molecular complexity index is 418. The first-order chi connectivity index (χ1) is 8.16. The Morgan fingerprint density at radius 3 is 2.71 bits per heavy atom. The Kier molecular flexibility index (Phi) is 3.39. The van der Waals surface area contributed by atoms with Crippen LogP contribution in [0.25, 0.3) is 0 Å². The summed E-state index contributed by atoms with van der Waals surface area (Å²) in [6.45, 7) is 0.174. The third kappa shape index (κ3) is 2.82. The second-order valence-corrected chi connectivity index (χ2v) is 3.97. The summed E-state index contributed by atoms with van der Waals surface area (Å²) in [6.07, 6.45) is 0.0463. The number of benzene rings is 1. The average Bonchev–Trinajstić information content (AvgIpc) is 2.76. The smallest absolute Gasteiger partial charge is 0.306 e. The van der Waals surface area contributed by atoms with Crippen molar-refractivity contribution in [1.29, 1.82) is 0 Å². The quantitative estimate of drug-likeness (QED) is 0.481. The van der Waals surface area contributed by atoms with Crippen molar-refractivity contribution in [2.24, 2.45) is 5.92 Å². The van der Waals surface area contributed by atoms with Gasteiger partial charge in [0.1, 0.15) is 6.61 Å². The largest absolute Gasteiger partial charge is 0.465 e. The van der Waals surface area contributed by atoms with Crippen LogP contribution in [0.3, 0.4) is 0 Å². The second kappa shape index (κ2) is 4.97. The lowest BCUT2D eigenvalue weighted by molar-refractivity contribution is -0.172. The average molecular weight is 235 g/mol. The molecule has 0 aliphatic carbocycles. The standard InChI is InChI=1S/C12H13NO4/c14-11-6-10(8-17-11)12(15)13(16)7-9-4-2-1-3-5-9/h1-5,10,16H,6-8H2/t10-/m1/s1. The molecule has 1 aromatic rings. The topological polar surface area (TPSA) is 66.8 Å². The highest BCUT2D eigenvalue weighted by Crippen LogP contribution is 2.17. The van der Waals surface area contributed by atoms with E-state index in [4.69, 9.17) is 0 Å². The molecule has 1 aliphatic rings. The van der Waals surface area contributed by atoms with Gasteiger partial charge in [0.15, 0.2) is 0 Å². The van der Waals surface area contributed by atoms with E-state index in [0.29, 0.717) is 5.06 Å². The lowest BCUT2D eigenvalue weighted by Crippen LogP contribution is -2.33. The number of carbonyl (C=O) groups is 2. The summed E-state index contributed by atoms with van der Waals surface area (Å²) in [5.74, 6) is -1.42. The molecule has 0 aromatic heterocycles. The monoisotopic (exact) mass is 235 g/mol. The first kappa shape index (κ1) is 11.6. The highest BCUT2D eigenvalue weighted by molar-refractivity contribution is 5.85. The van der Waals surface area contributed by atoms with Crippen molar-refractivity contribution in [3.63, 3.8) is 0 Å². The van der Waals surface area contributed by atoms with E-state index in [1.54, 1.807) is 0 Å². The fraction of sp³-hybridized carbons (Fsp3) is 0.333. The van der Waals surface area contributed by atoms with Gasteiger partial charge < -0.3 is 4.74 Å². The van der Waals surface area contributed by atoms with Crippen LogP contribution in [0, 0.1) is 5.92 Å². The summed E-state index contributed by atoms with van der Waals surface area (Å²) in [5, 5.41) is 10.3. The Balaban J connectivity index is 1.94. The number of amides is 1. The van der Waals surface area contributed by atoms with Crippen molar-refractivity contribution in [2.45, 2.75) is 13.0 Å². The van der Waals surface area contributed by atoms with Crippen LogP contribution in [0.5, 0.6) is 0 Å². The number of esters is 1. The maximum Gasteiger partial charge on any atom is 0.306 e. The lowest BCUT2D eigenvalue weighted by atomic mass is 10.1. The number of hydrogen-bond donors (Lipinski definition) is 1. The van der Waals surface area contributed by atoms with E-state index in [0.717, 1.165) is 5.56 Å². The molecule has 1 amide bonds. The molecular weight excluding hydrogens is 222 g/mol. The van der Waals surface area contributed by atoms with Gasteiger partial charge in [-0.3, -0.25) is 14.8 Å². The first-order valence-electron chi connectivity index (χ1n) is 5.36. The summed E-state index contributed by atoms with van der Waals surface area (Å²) in [6, 6.07) is 9.14. The minimum absolute atomic E-state index is 0.0463. The summed E-state index contributed by atoms with van der Waals surface area (Å²) in [7, 11) is 0. The Morgan fingerprint density at radius 2 is 2.12 bits per heavy atom. The molecule has 1 aromatic carbocycles. The molecule has 1 atom stereocenters. The van der Waals surface area contributed by atoms with E-state index < -0.39 is 17.8 Å². The van der Waals surface area contributed by atoms with Crippen LogP contribution in [-0.2, 0) is 20.9 Å². The Morgan fingerprint density at radius 1 is 1.41 bits per heavy atom. The fourth-order valence-corrected chi connectivity index (χ4v) is 1.72. The number of nitrogens with zero attached hydrogens (tertiary/aromatic N) is 1. The molecule has 1 N–H and O–H groups in total. The van der Waals surface area contributed by atoms with Gasteiger partial charge in [-0.05, 0) is 5.56 Å². The van der Waals surface area contributed by atoms with Crippen molar-refractivity contribution in [1.82, 2.24) is 5.06 Å². The molecule has 0 spiro atoms. The molecule has 17 heavy (non-hydrogen) atoms. The molecule has 0 radical (unpaired) electrons.